The number of rotatable bonds is 6. The molecule has 2 heterocycles. The van der Waals surface area contributed by atoms with Gasteiger partial charge in [0.25, 0.3) is 5.91 Å². The fraction of sp³-hybridized carbons (Fsp3) is 0.400. The van der Waals surface area contributed by atoms with E-state index in [0.717, 1.165) is 24.3 Å². The van der Waals surface area contributed by atoms with E-state index in [1.54, 1.807) is 11.2 Å². The second kappa shape index (κ2) is 6.86. The molecule has 1 atom stereocenters. The van der Waals surface area contributed by atoms with Gasteiger partial charge in [0.05, 0.1) is 18.0 Å². The van der Waals surface area contributed by atoms with Crippen LogP contribution in [-0.4, -0.2) is 35.9 Å². The van der Waals surface area contributed by atoms with Crippen LogP contribution in [0.4, 0.5) is 5.69 Å². The Balaban J connectivity index is 1.47. The Labute approximate surface area is 152 Å². The first kappa shape index (κ1) is 16.7. The van der Waals surface area contributed by atoms with E-state index in [-0.39, 0.29) is 36.9 Å². The van der Waals surface area contributed by atoms with Gasteiger partial charge in [-0.2, -0.15) is 0 Å². The molecule has 6 heteroatoms. The van der Waals surface area contributed by atoms with Crippen LogP contribution in [0.1, 0.15) is 38.0 Å². The number of fused-ring (bicyclic) bond motifs is 1. The maximum atomic E-state index is 12.9. The number of furan rings is 1. The minimum Gasteiger partial charge on any atom is -0.482 e. The van der Waals surface area contributed by atoms with Crippen LogP contribution in [0, 0.1) is 0 Å². The maximum Gasteiger partial charge on any atom is 0.265 e. The smallest absolute Gasteiger partial charge is 0.265 e. The molecule has 1 saturated carbocycles. The van der Waals surface area contributed by atoms with Crippen molar-refractivity contribution < 1.29 is 18.7 Å². The van der Waals surface area contributed by atoms with E-state index < -0.39 is 0 Å². The lowest BCUT2D eigenvalue weighted by Crippen LogP contribution is -2.42. The van der Waals surface area contributed by atoms with Crippen molar-refractivity contribution in [3.8, 4) is 5.75 Å². The van der Waals surface area contributed by atoms with Crippen LogP contribution < -0.4 is 9.64 Å². The molecular formula is C20H22N2O4. The number of nitrogens with zero attached hydrogens (tertiary/aromatic N) is 2. The normalized spacial score (nSPS) is 17.4. The van der Waals surface area contributed by atoms with Gasteiger partial charge in [0, 0.05) is 19.0 Å². The van der Waals surface area contributed by atoms with Crippen LogP contribution in [0.15, 0.2) is 47.1 Å². The summed E-state index contributed by atoms with van der Waals surface area (Å²) in [6.07, 6.45) is 3.96. The Morgan fingerprint density at radius 2 is 2.08 bits per heavy atom. The molecule has 0 bridgehead atoms. The molecule has 2 amide bonds. The van der Waals surface area contributed by atoms with Crippen molar-refractivity contribution in [2.75, 3.05) is 18.1 Å². The average molecular weight is 354 g/mol. The third-order valence-electron chi connectivity index (χ3n) is 4.96. The Hall–Kier alpha value is -2.76. The summed E-state index contributed by atoms with van der Waals surface area (Å²) >= 11 is 0. The van der Waals surface area contributed by atoms with Gasteiger partial charge in [-0.05, 0) is 44.0 Å². The number of anilines is 1. The van der Waals surface area contributed by atoms with Gasteiger partial charge in [-0.15, -0.1) is 0 Å². The summed E-state index contributed by atoms with van der Waals surface area (Å²) in [7, 11) is 0. The SMILES string of the molecule is C[C@@H](c1ccco1)N(C(=O)CCN1C(=O)COc2ccccc21)C1CC1. The minimum atomic E-state index is -0.117. The monoisotopic (exact) mass is 354 g/mol. The Morgan fingerprint density at radius 1 is 1.27 bits per heavy atom. The first-order valence-corrected chi connectivity index (χ1v) is 9.02. The quantitative estimate of drug-likeness (QED) is 0.799. The number of benzene rings is 1. The zero-order chi connectivity index (χ0) is 18.1. The first-order chi connectivity index (χ1) is 12.6. The van der Waals surface area contributed by atoms with E-state index in [4.69, 9.17) is 9.15 Å². The highest BCUT2D eigenvalue weighted by atomic mass is 16.5. The average Bonchev–Trinajstić information content (AvgIpc) is 3.32. The summed E-state index contributed by atoms with van der Waals surface area (Å²) in [6, 6.07) is 11.3. The lowest BCUT2D eigenvalue weighted by Gasteiger charge is -2.31. The van der Waals surface area contributed by atoms with E-state index in [1.165, 1.54) is 0 Å². The van der Waals surface area contributed by atoms with Crippen molar-refractivity contribution in [3.63, 3.8) is 0 Å². The summed E-state index contributed by atoms with van der Waals surface area (Å²) in [5.41, 5.74) is 0.730. The lowest BCUT2D eigenvalue weighted by atomic mass is 10.1. The van der Waals surface area contributed by atoms with Crippen molar-refractivity contribution in [1.82, 2.24) is 4.90 Å². The van der Waals surface area contributed by atoms with Crippen LogP contribution in [0.3, 0.4) is 0 Å². The van der Waals surface area contributed by atoms with Crippen molar-refractivity contribution >= 4 is 17.5 Å². The van der Waals surface area contributed by atoms with Crippen molar-refractivity contribution in [2.24, 2.45) is 0 Å². The highest BCUT2D eigenvalue weighted by molar-refractivity contribution is 5.98. The predicted molar refractivity (Wildman–Crippen MR) is 95.9 cm³/mol. The molecule has 1 fully saturated rings. The predicted octanol–water partition coefficient (Wildman–Crippen LogP) is 3.15. The topological polar surface area (TPSA) is 63.0 Å². The number of carbonyl (C=O) groups excluding carboxylic acids is 2. The molecule has 0 saturated heterocycles. The summed E-state index contributed by atoms with van der Waals surface area (Å²) < 4.78 is 10.9. The summed E-state index contributed by atoms with van der Waals surface area (Å²) in [5.74, 6) is 1.40. The maximum absolute atomic E-state index is 12.9. The number of hydrogen-bond donors (Lipinski definition) is 0. The molecule has 1 aliphatic carbocycles. The van der Waals surface area contributed by atoms with E-state index in [0.29, 0.717) is 12.3 Å². The third-order valence-corrected chi connectivity index (χ3v) is 4.96. The van der Waals surface area contributed by atoms with Gasteiger partial charge in [-0.1, -0.05) is 12.1 Å². The van der Waals surface area contributed by atoms with Gasteiger partial charge in [-0.3, -0.25) is 9.59 Å². The lowest BCUT2D eigenvalue weighted by molar-refractivity contribution is -0.134. The molecule has 0 radical (unpaired) electrons. The molecule has 1 aromatic carbocycles. The molecule has 26 heavy (non-hydrogen) atoms. The molecule has 0 N–H and O–H groups in total. The minimum absolute atomic E-state index is 0.0142. The van der Waals surface area contributed by atoms with E-state index in [1.807, 2.05) is 48.2 Å². The van der Waals surface area contributed by atoms with Gasteiger partial charge in [0.2, 0.25) is 5.91 Å². The highest BCUT2D eigenvalue weighted by Crippen LogP contribution is 2.36. The molecule has 0 unspecified atom stereocenters. The van der Waals surface area contributed by atoms with E-state index >= 15 is 0 Å². The first-order valence-electron chi connectivity index (χ1n) is 9.02. The summed E-state index contributed by atoms with van der Waals surface area (Å²) in [5, 5.41) is 0. The third kappa shape index (κ3) is 3.19. The number of amides is 2. The number of para-hydroxylation sites is 2. The zero-order valence-corrected chi connectivity index (χ0v) is 14.8. The van der Waals surface area contributed by atoms with Crippen molar-refractivity contribution in [2.45, 2.75) is 38.3 Å². The molecule has 6 nitrogen and oxygen atoms in total. The second-order valence-electron chi connectivity index (χ2n) is 6.78. The molecule has 0 spiro atoms. The van der Waals surface area contributed by atoms with Gasteiger partial charge < -0.3 is 19.0 Å². The Kier molecular flexibility index (Phi) is 4.41. The fourth-order valence-corrected chi connectivity index (χ4v) is 3.49. The summed E-state index contributed by atoms with van der Waals surface area (Å²) in [6.45, 7) is 2.36. The summed E-state index contributed by atoms with van der Waals surface area (Å²) in [4.78, 5) is 28.8. The van der Waals surface area contributed by atoms with Crippen LogP contribution in [0.25, 0.3) is 0 Å². The largest absolute Gasteiger partial charge is 0.482 e. The van der Waals surface area contributed by atoms with Crippen molar-refractivity contribution in [3.05, 3.63) is 48.4 Å². The highest BCUT2D eigenvalue weighted by Gasteiger charge is 2.37. The van der Waals surface area contributed by atoms with E-state index in [9.17, 15) is 9.59 Å². The van der Waals surface area contributed by atoms with Crippen LogP contribution >= 0.6 is 0 Å². The number of hydrogen-bond acceptors (Lipinski definition) is 4. The van der Waals surface area contributed by atoms with Crippen LogP contribution in [0.5, 0.6) is 5.75 Å². The molecule has 2 aromatic rings. The molecule has 1 aromatic heterocycles. The van der Waals surface area contributed by atoms with E-state index in [2.05, 4.69) is 0 Å². The number of carbonyl (C=O) groups is 2. The molecular weight excluding hydrogens is 332 g/mol. The fourth-order valence-electron chi connectivity index (χ4n) is 3.49. The standard InChI is InChI=1S/C20H22N2O4/c1-14(17-7-4-12-25-17)22(15-8-9-15)19(23)10-11-21-16-5-2-3-6-18(16)26-13-20(21)24/h2-7,12,14-15H,8-11,13H2,1H3/t14-/m0/s1. The number of ether oxygens (including phenoxy) is 1. The Morgan fingerprint density at radius 3 is 2.81 bits per heavy atom. The Bertz CT molecular complexity index is 798. The zero-order valence-electron chi connectivity index (χ0n) is 14.8. The van der Waals surface area contributed by atoms with Gasteiger partial charge in [-0.25, -0.2) is 0 Å². The van der Waals surface area contributed by atoms with Crippen LogP contribution in [0.2, 0.25) is 0 Å². The second-order valence-corrected chi connectivity index (χ2v) is 6.78. The van der Waals surface area contributed by atoms with Gasteiger partial charge in [0.1, 0.15) is 11.5 Å². The van der Waals surface area contributed by atoms with Gasteiger partial charge in [0.15, 0.2) is 6.61 Å². The molecule has 1 aliphatic heterocycles. The van der Waals surface area contributed by atoms with Crippen LogP contribution in [-0.2, 0) is 9.59 Å². The molecule has 136 valence electrons. The van der Waals surface area contributed by atoms with Crippen molar-refractivity contribution in [1.29, 1.82) is 0 Å². The molecule has 2 aliphatic rings. The van der Waals surface area contributed by atoms with Gasteiger partial charge >= 0.3 is 0 Å². The molecule has 4 rings (SSSR count).